The molecule has 10 heteroatoms. The van der Waals surface area contributed by atoms with Crippen LogP contribution >= 0.6 is 0 Å². The predicted octanol–water partition coefficient (Wildman–Crippen LogP) is 0.586. The summed E-state index contributed by atoms with van der Waals surface area (Å²) >= 11 is 0. The fourth-order valence-electron chi connectivity index (χ4n) is 3.03. The number of carbonyl (C=O) groups is 4. The average Bonchev–Trinajstić information content (AvgIpc) is 2.69. The summed E-state index contributed by atoms with van der Waals surface area (Å²) in [6.45, 7) is 9.83. The van der Waals surface area contributed by atoms with Gasteiger partial charge >= 0.3 is 0 Å². The van der Waals surface area contributed by atoms with Gasteiger partial charge in [0, 0.05) is 13.5 Å². The number of aliphatic imine (C=N–C) groups is 1. The third-order valence-electron chi connectivity index (χ3n) is 4.85. The summed E-state index contributed by atoms with van der Waals surface area (Å²) < 4.78 is 0. The molecule has 3 amide bonds. The summed E-state index contributed by atoms with van der Waals surface area (Å²) in [4.78, 5) is 52.6. The quantitative estimate of drug-likeness (QED) is 0.0989. The molecule has 0 heterocycles. The van der Waals surface area contributed by atoms with Crippen LogP contribution in [-0.4, -0.2) is 54.6 Å². The number of carbonyl (C=O) groups excluding carboxylic acids is 4. The van der Waals surface area contributed by atoms with Gasteiger partial charge in [0.1, 0.15) is 18.4 Å². The van der Waals surface area contributed by atoms with Crippen molar-refractivity contribution in [1.82, 2.24) is 16.0 Å². The maximum Gasteiger partial charge on any atom is 0.243 e. The molecule has 10 nitrogen and oxygen atoms in total. The molecule has 3 atom stereocenters. The molecule has 0 aromatic heterocycles. The highest BCUT2D eigenvalue weighted by Gasteiger charge is 2.27. The van der Waals surface area contributed by atoms with Gasteiger partial charge in [-0.3, -0.25) is 19.4 Å². The number of aldehydes is 1. The van der Waals surface area contributed by atoms with Crippen LogP contribution in [-0.2, 0) is 19.2 Å². The average molecular weight is 455 g/mol. The van der Waals surface area contributed by atoms with E-state index < -0.39 is 29.9 Å². The summed E-state index contributed by atoms with van der Waals surface area (Å²) in [7, 11) is 0. The molecule has 184 valence electrons. The van der Waals surface area contributed by atoms with Crippen LogP contribution in [0.3, 0.4) is 0 Å². The van der Waals surface area contributed by atoms with E-state index in [-0.39, 0.29) is 11.9 Å². The highest BCUT2D eigenvalue weighted by atomic mass is 16.2. The number of nitrogens with one attached hydrogen (secondary N) is 3. The fraction of sp³-hybridized carbons (Fsp3) is 0.773. The van der Waals surface area contributed by atoms with Gasteiger partial charge in [-0.25, -0.2) is 0 Å². The largest absolute Gasteiger partial charge is 0.370 e. The molecule has 0 fully saturated rings. The van der Waals surface area contributed by atoms with Gasteiger partial charge in [-0.1, -0.05) is 27.7 Å². The Morgan fingerprint density at radius 1 is 0.812 bits per heavy atom. The van der Waals surface area contributed by atoms with Gasteiger partial charge in [-0.2, -0.15) is 0 Å². The van der Waals surface area contributed by atoms with Gasteiger partial charge < -0.3 is 32.2 Å². The molecule has 0 bridgehead atoms. The van der Waals surface area contributed by atoms with Crippen LogP contribution in [0.15, 0.2) is 4.99 Å². The lowest BCUT2D eigenvalue weighted by atomic mass is 10.00. The Hall–Kier alpha value is -2.65. The number of amides is 3. The molecule has 0 aliphatic rings. The third kappa shape index (κ3) is 14.4. The molecule has 0 spiro atoms. The van der Waals surface area contributed by atoms with E-state index in [0.717, 1.165) is 6.42 Å². The molecule has 0 saturated carbocycles. The Morgan fingerprint density at radius 3 is 1.75 bits per heavy atom. The van der Waals surface area contributed by atoms with Gasteiger partial charge in [0.25, 0.3) is 0 Å². The molecule has 0 saturated heterocycles. The zero-order chi connectivity index (χ0) is 24.7. The van der Waals surface area contributed by atoms with Crippen LogP contribution in [0.4, 0.5) is 0 Å². The monoisotopic (exact) mass is 454 g/mol. The van der Waals surface area contributed by atoms with Gasteiger partial charge in [0.05, 0.1) is 6.04 Å². The van der Waals surface area contributed by atoms with Crippen molar-refractivity contribution in [2.24, 2.45) is 28.3 Å². The van der Waals surface area contributed by atoms with Crippen LogP contribution in [0.1, 0.15) is 73.1 Å². The van der Waals surface area contributed by atoms with Crippen LogP contribution < -0.4 is 27.4 Å². The highest BCUT2D eigenvalue weighted by Crippen LogP contribution is 2.11. The van der Waals surface area contributed by atoms with E-state index in [4.69, 9.17) is 11.5 Å². The molecule has 0 rings (SSSR count). The number of hydrogen-bond donors (Lipinski definition) is 5. The molecule has 7 N–H and O–H groups in total. The van der Waals surface area contributed by atoms with E-state index in [1.807, 2.05) is 27.7 Å². The minimum absolute atomic E-state index is 0.0284. The molecule has 0 aromatic rings. The summed E-state index contributed by atoms with van der Waals surface area (Å²) in [5.74, 6) is -0.469. The summed E-state index contributed by atoms with van der Waals surface area (Å²) in [5.41, 5.74) is 10.6. The minimum Gasteiger partial charge on any atom is -0.370 e. The highest BCUT2D eigenvalue weighted by molar-refractivity contribution is 5.92. The lowest BCUT2D eigenvalue weighted by Gasteiger charge is -2.25. The normalized spacial score (nSPS) is 13.7. The van der Waals surface area contributed by atoms with Crippen molar-refractivity contribution in [1.29, 1.82) is 0 Å². The fourth-order valence-corrected chi connectivity index (χ4v) is 3.03. The molecule has 0 aromatic carbocycles. The Morgan fingerprint density at radius 2 is 1.31 bits per heavy atom. The maximum atomic E-state index is 12.9. The van der Waals surface area contributed by atoms with E-state index >= 15 is 0 Å². The molecular weight excluding hydrogens is 412 g/mol. The summed E-state index contributed by atoms with van der Waals surface area (Å²) in [6, 6.07) is -2.23. The number of nitrogens with two attached hydrogens (primary N) is 2. The van der Waals surface area contributed by atoms with Gasteiger partial charge in [0.15, 0.2) is 5.96 Å². The summed E-state index contributed by atoms with van der Waals surface area (Å²) in [5, 5.41) is 8.14. The molecule has 32 heavy (non-hydrogen) atoms. The van der Waals surface area contributed by atoms with E-state index in [0.29, 0.717) is 56.8 Å². The maximum absolute atomic E-state index is 12.9. The van der Waals surface area contributed by atoms with E-state index in [2.05, 4.69) is 20.9 Å². The molecule has 0 aliphatic heterocycles. The van der Waals surface area contributed by atoms with Crippen molar-refractivity contribution in [3.05, 3.63) is 0 Å². The Labute approximate surface area is 191 Å². The second-order valence-corrected chi connectivity index (χ2v) is 8.96. The summed E-state index contributed by atoms with van der Waals surface area (Å²) in [6.07, 6.45) is 3.92. The van der Waals surface area contributed by atoms with Crippen molar-refractivity contribution >= 4 is 30.0 Å². The zero-order valence-electron chi connectivity index (χ0n) is 20.1. The standard InChI is InChI=1S/C22H42N6O4/c1-14(2)8-10-18(26-16(5)30)21(32)28-19(11-9-15(3)4)20(31)27-17(13-29)7-6-12-25-22(23)24/h13-15,17-19H,6-12H2,1-5H3,(H,26,30)(H,27,31)(H,28,32)(H4,23,24,25)/t17-,18-,19?/m0/s1. The van der Waals surface area contributed by atoms with Gasteiger partial charge in [0.2, 0.25) is 17.7 Å². The van der Waals surface area contributed by atoms with Crippen molar-refractivity contribution in [3.63, 3.8) is 0 Å². The number of hydrogen-bond acceptors (Lipinski definition) is 5. The SMILES string of the molecule is CC(=O)N[C@@H](CCC(C)C)C(=O)NC(CCC(C)C)C(=O)N[C@H](C=O)CCCN=C(N)N. The first-order valence-electron chi connectivity index (χ1n) is 11.3. The topological polar surface area (TPSA) is 169 Å². The van der Waals surface area contributed by atoms with Crippen molar-refractivity contribution in [3.8, 4) is 0 Å². The van der Waals surface area contributed by atoms with Crippen molar-refractivity contribution in [2.75, 3.05) is 6.54 Å². The molecular formula is C22H42N6O4. The Balaban J connectivity index is 5.18. The molecule has 0 aliphatic carbocycles. The van der Waals surface area contributed by atoms with Crippen LogP contribution in [0, 0.1) is 11.8 Å². The number of nitrogens with zero attached hydrogens (tertiary/aromatic N) is 1. The lowest BCUT2D eigenvalue weighted by molar-refractivity contribution is -0.132. The third-order valence-corrected chi connectivity index (χ3v) is 4.85. The van der Waals surface area contributed by atoms with Crippen molar-refractivity contribution in [2.45, 2.75) is 91.3 Å². The first-order valence-corrected chi connectivity index (χ1v) is 11.3. The smallest absolute Gasteiger partial charge is 0.243 e. The first-order chi connectivity index (χ1) is 15.0. The number of rotatable bonds is 16. The minimum atomic E-state index is -0.805. The van der Waals surface area contributed by atoms with E-state index in [9.17, 15) is 19.2 Å². The van der Waals surface area contributed by atoms with Crippen LogP contribution in [0.5, 0.6) is 0 Å². The number of guanidine groups is 1. The van der Waals surface area contributed by atoms with Gasteiger partial charge in [-0.05, 0) is 50.4 Å². The second kappa shape index (κ2) is 16.0. The van der Waals surface area contributed by atoms with E-state index in [1.54, 1.807) is 0 Å². The molecule has 0 radical (unpaired) electrons. The Bertz CT molecular complexity index is 632. The second-order valence-electron chi connectivity index (χ2n) is 8.96. The van der Waals surface area contributed by atoms with Crippen LogP contribution in [0.25, 0.3) is 0 Å². The van der Waals surface area contributed by atoms with Crippen LogP contribution in [0.2, 0.25) is 0 Å². The first kappa shape index (κ1) is 29.4. The predicted molar refractivity (Wildman–Crippen MR) is 126 cm³/mol. The van der Waals surface area contributed by atoms with E-state index in [1.165, 1.54) is 6.92 Å². The van der Waals surface area contributed by atoms with Crippen molar-refractivity contribution < 1.29 is 19.2 Å². The Kier molecular flexibility index (Phi) is 14.7. The lowest BCUT2D eigenvalue weighted by Crippen LogP contribution is -2.55. The molecule has 1 unspecified atom stereocenters. The van der Waals surface area contributed by atoms with Gasteiger partial charge in [-0.15, -0.1) is 0 Å². The zero-order valence-corrected chi connectivity index (χ0v) is 20.1.